The van der Waals surface area contributed by atoms with Gasteiger partial charge in [-0.15, -0.1) is 11.3 Å². The molecule has 2 fully saturated rings. The molecule has 0 bridgehead atoms. The van der Waals surface area contributed by atoms with E-state index in [1.807, 2.05) is 11.3 Å². The molecule has 0 aliphatic heterocycles. The molecule has 1 nitrogen and oxygen atoms in total. The largest absolute Gasteiger partial charge is 0.310 e. The van der Waals surface area contributed by atoms with E-state index in [0.717, 1.165) is 0 Å². The third kappa shape index (κ3) is 5.66. The lowest BCUT2D eigenvalue weighted by Crippen LogP contribution is -2.29. The molecule has 46 heavy (non-hydrogen) atoms. The van der Waals surface area contributed by atoms with Gasteiger partial charge in [0.05, 0.1) is 0 Å². The molecule has 8 rings (SSSR count). The van der Waals surface area contributed by atoms with Crippen LogP contribution in [0, 0.1) is 0 Å². The molecule has 232 valence electrons. The monoisotopic (exact) mass is 619 g/mol. The van der Waals surface area contributed by atoms with E-state index < -0.39 is 0 Å². The molecule has 0 spiro atoms. The van der Waals surface area contributed by atoms with Crippen molar-refractivity contribution in [2.24, 2.45) is 0 Å². The summed E-state index contributed by atoms with van der Waals surface area (Å²) in [7, 11) is 0. The van der Waals surface area contributed by atoms with Gasteiger partial charge in [0, 0.05) is 42.6 Å². The SMILES string of the molecule is c1ccc(C2(c3ccc(N(c4ccc(C5CCCCC5)cc4)c4ccc5c(c4)sc4ccccc45)cc3)CCCCCCC2)cc1. The number of benzene rings is 5. The maximum atomic E-state index is 2.48. The highest BCUT2D eigenvalue weighted by molar-refractivity contribution is 7.25. The zero-order valence-electron chi connectivity index (χ0n) is 27.0. The summed E-state index contributed by atoms with van der Waals surface area (Å²) in [4.78, 5) is 2.48. The van der Waals surface area contributed by atoms with Gasteiger partial charge in [-0.2, -0.15) is 0 Å². The number of thiophene rings is 1. The second-order valence-electron chi connectivity index (χ2n) is 13.8. The van der Waals surface area contributed by atoms with Gasteiger partial charge < -0.3 is 4.90 Å². The Morgan fingerprint density at radius 1 is 0.478 bits per heavy atom. The van der Waals surface area contributed by atoms with Crippen molar-refractivity contribution < 1.29 is 0 Å². The molecule has 1 heterocycles. The first-order valence-electron chi connectivity index (χ1n) is 17.8. The van der Waals surface area contributed by atoms with Crippen LogP contribution < -0.4 is 4.90 Å². The van der Waals surface area contributed by atoms with Gasteiger partial charge in [-0.05, 0) is 90.8 Å². The van der Waals surface area contributed by atoms with Crippen LogP contribution in [0.5, 0.6) is 0 Å². The van der Waals surface area contributed by atoms with Gasteiger partial charge in [-0.1, -0.05) is 130 Å². The molecule has 2 saturated carbocycles. The minimum absolute atomic E-state index is 0.0860. The molecular weight excluding hydrogens is 575 g/mol. The van der Waals surface area contributed by atoms with E-state index in [1.165, 1.54) is 131 Å². The normalized spacial score (nSPS) is 17.5. The molecule has 2 aliphatic carbocycles. The van der Waals surface area contributed by atoms with Crippen LogP contribution in [0.3, 0.4) is 0 Å². The topological polar surface area (TPSA) is 3.24 Å². The summed E-state index contributed by atoms with van der Waals surface area (Å²) < 4.78 is 2.70. The lowest BCUT2D eigenvalue weighted by Gasteiger charge is -2.37. The Kier molecular flexibility index (Phi) is 8.40. The molecule has 1 aromatic heterocycles. The highest BCUT2D eigenvalue weighted by Gasteiger charge is 2.34. The lowest BCUT2D eigenvalue weighted by atomic mass is 9.67. The van der Waals surface area contributed by atoms with Crippen molar-refractivity contribution in [3.05, 3.63) is 138 Å². The Bertz CT molecular complexity index is 1890. The number of hydrogen-bond donors (Lipinski definition) is 0. The summed E-state index contributed by atoms with van der Waals surface area (Å²) in [6.45, 7) is 0. The fraction of sp³-hybridized carbons (Fsp3) is 0.318. The zero-order valence-corrected chi connectivity index (χ0v) is 27.8. The Labute approximate surface area is 278 Å². The average molecular weight is 620 g/mol. The van der Waals surface area contributed by atoms with Gasteiger partial charge in [-0.25, -0.2) is 0 Å². The third-order valence-corrected chi connectivity index (χ3v) is 12.2. The minimum atomic E-state index is 0.0860. The number of hydrogen-bond acceptors (Lipinski definition) is 2. The van der Waals surface area contributed by atoms with Crippen LogP contribution in [0.25, 0.3) is 20.2 Å². The van der Waals surface area contributed by atoms with Crippen molar-refractivity contribution in [2.45, 2.75) is 88.4 Å². The Balaban J connectivity index is 1.21. The molecule has 0 unspecified atom stereocenters. The highest BCUT2D eigenvalue weighted by atomic mass is 32.1. The second kappa shape index (κ2) is 13.1. The highest BCUT2D eigenvalue weighted by Crippen LogP contribution is 2.46. The fourth-order valence-corrected chi connectivity index (χ4v) is 9.71. The van der Waals surface area contributed by atoms with E-state index in [0.29, 0.717) is 5.92 Å². The van der Waals surface area contributed by atoms with Gasteiger partial charge in [0.15, 0.2) is 0 Å². The van der Waals surface area contributed by atoms with Gasteiger partial charge in [-0.3, -0.25) is 0 Å². The number of anilines is 3. The summed E-state index contributed by atoms with van der Waals surface area (Å²) >= 11 is 1.90. The van der Waals surface area contributed by atoms with Gasteiger partial charge >= 0.3 is 0 Å². The molecule has 0 N–H and O–H groups in total. The van der Waals surface area contributed by atoms with Crippen LogP contribution in [0.1, 0.15) is 99.7 Å². The molecule has 6 aromatic rings. The van der Waals surface area contributed by atoms with Gasteiger partial charge in [0.25, 0.3) is 0 Å². The summed E-state index contributed by atoms with van der Waals surface area (Å²) in [6.07, 6.45) is 15.9. The van der Waals surface area contributed by atoms with Crippen LogP contribution in [0.4, 0.5) is 17.1 Å². The quantitative estimate of drug-likeness (QED) is 0.179. The number of fused-ring (bicyclic) bond motifs is 3. The lowest BCUT2D eigenvalue weighted by molar-refractivity contribution is 0.366. The Morgan fingerprint density at radius 3 is 1.78 bits per heavy atom. The van der Waals surface area contributed by atoms with Crippen LogP contribution in [-0.2, 0) is 5.41 Å². The van der Waals surface area contributed by atoms with E-state index in [9.17, 15) is 0 Å². The average Bonchev–Trinajstić information content (AvgIpc) is 3.48. The van der Waals surface area contributed by atoms with Crippen LogP contribution in [0.2, 0.25) is 0 Å². The van der Waals surface area contributed by atoms with Crippen molar-refractivity contribution in [3.8, 4) is 0 Å². The summed E-state index contributed by atoms with van der Waals surface area (Å²) in [5, 5.41) is 2.70. The van der Waals surface area contributed by atoms with Crippen molar-refractivity contribution in [1.29, 1.82) is 0 Å². The minimum Gasteiger partial charge on any atom is -0.310 e. The van der Waals surface area contributed by atoms with Crippen LogP contribution in [-0.4, -0.2) is 0 Å². The Hall–Kier alpha value is -3.88. The van der Waals surface area contributed by atoms with Crippen molar-refractivity contribution in [2.75, 3.05) is 4.90 Å². The van der Waals surface area contributed by atoms with E-state index >= 15 is 0 Å². The summed E-state index contributed by atoms with van der Waals surface area (Å²) in [5.41, 5.74) is 8.23. The van der Waals surface area contributed by atoms with Crippen molar-refractivity contribution in [1.82, 2.24) is 0 Å². The molecule has 2 aliphatic rings. The number of rotatable bonds is 6. The maximum Gasteiger partial charge on any atom is 0.0476 e. The zero-order chi connectivity index (χ0) is 30.8. The van der Waals surface area contributed by atoms with E-state index in [2.05, 4.69) is 126 Å². The van der Waals surface area contributed by atoms with E-state index in [1.54, 1.807) is 0 Å². The van der Waals surface area contributed by atoms with Gasteiger partial charge in [0.1, 0.15) is 0 Å². The Morgan fingerprint density at radius 2 is 1.04 bits per heavy atom. The molecule has 0 amide bonds. The molecule has 0 radical (unpaired) electrons. The smallest absolute Gasteiger partial charge is 0.0476 e. The number of nitrogens with zero attached hydrogens (tertiary/aromatic N) is 1. The van der Waals surface area contributed by atoms with Crippen LogP contribution in [0.15, 0.2) is 121 Å². The van der Waals surface area contributed by atoms with Crippen molar-refractivity contribution in [3.63, 3.8) is 0 Å². The predicted molar refractivity (Wildman–Crippen MR) is 199 cm³/mol. The summed E-state index contributed by atoms with van der Waals surface area (Å²) in [6, 6.07) is 46.5. The third-order valence-electron chi connectivity index (χ3n) is 11.1. The molecule has 0 atom stereocenters. The molecule has 0 saturated heterocycles. The maximum absolute atomic E-state index is 2.48. The predicted octanol–water partition coefficient (Wildman–Crippen LogP) is 13.6. The summed E-state index contributed by atoms with van der Waals surface area (Å²) in [5.74, 6) is 0.711. The van der Waals surface area contributed by atoms with Crippen LogP contribution >= 0.6 is 11.3 Å². The molecular formula is C44H45NS. The molecule has 5 aromatic carbocycles. The first-order valence-corrected chi connectivity index (χ1v) is 18.6. The standard InChI is InChI=1S/C44H45NS/c1-2-12-30-44(31-13-3-1,35-16-8-5-9-17-35)36-22-26-38(27-23-36)45(37-24-20-34(21-25-37)33-14-6-4-7-15-33)39-28-29-41-40-18-10-11-19-42(40)46-43(41)32-39/h5,8-11,16-29,32-33H,1-4,6-7,12-15,30-31H2. The van der Waals surface area contributed by atoms with Crippen molar-refractivity contribution >= 4 is 48.6 Å². The van der Waals surface area contributed by atoms with Gasteiger partial charge in [0.2, 0.25) is 0 Å². The van der Waals surface area contributed by atoms with E-state index in [-0.39, 0.29) is 5.41 Å². The first kappa shape index (κ1) is 29.5. The second-order valence-corrected chi connectivity index (χ2v) is 14.9. The molecule has 2 heteroatoms. The van der Waals surface area contributed by atoms with E-state index in [4.69, 9.17) is 0 Å². The fourth-order valence-electron chi connectivity index (χ4n) is 8.57. The first-order chi connectivity index (χ1) is 22.8.